The van der Waals surface area contributed by atoms with Gasteiger partial charge in [0.1, 0.15) is 0 Å². The first-order valence-electron chi connectivity index (χ1n) is 6.48. The van der Waals surface area contributed by atoms with Gasteiger partial charge < -0.3 is 15.5 Å². The lowest BCUT2D eigenvalue weighted by Gasteiger charge is -2.26. The van der Waals surface area contributed by atoms with E-state index in [9.17, 15) is 4.79 Å². The number of carbonyl (C=O) groups is 1. The molecule has 0 aliphatic carbocycles. The number of hydrogen-bond donors (Lipinski definition) is 1. The third-order valence-electron chi connectivity index (χ3n) is 3.82. The summed E-state index contributed by atoms with van der Waals surface area (Å²) >= 11 is 0. The van der Waals surface area contributed by atoms with Crippen molar-refractivity contribution in [1.82, 2.24) is 9.80 Å². The zero-order chi connectivity index (χ0) is 11.5. The molecular weight excluding hydrogens is 202 g/mol. The molecule has 4 nitrogen and oxygen atoms in total. The Morgan fingerprint density at radius 2 is 1.69 bits per heavy atom. The number of rotatable bonds is 0. The molecule has 2 heterocycles. The summed E-state index contributed by atoms with van der Waals surface area (Å²) in [4.78, 5) is 16.2. The highest BCUT2D eigenvalue weighted by molar-refractivity contribution is 5.75. The number of carbonyl (C=O) groups excluding carboxylic acids is 1. The number of amides is 2. The van der Waals surface area contributed by atoms with Gasteiger partial charge in [0.15, 0.2) is 0 Å². The predicted molar refractivity (Wildman–Crippen MR) is 64.1 cm³/mol. The lowest BCUT2D eigenvalue weighted by molar-refractivity contribution is 0.162. The van der Waals surface area contributed by atoms with Crippen molar-refractivity contribution in [3.8, 4) is 0 Å². The Bertz CT molecular complexity index is 235. The average molecular weight is 225 g/mol. The second-order valence-electron chi connectivity index (χ2n) is 5.23. The molecule has 2 aliphatic rings. The van der Waals surface area contributed by atoms with Crippen LogP contribution in [-0.2, 0) is 0 Å². The van der Waals surface area contributed by atoms with Gasteiger partial charge in [0.05, 0.1) is 0 Å². The fraction of sp³-hybridized carbons (Fsp3) is 0.917. The first-order valence-corrected chi connectivity index (χ1v) is 6.48. The van der Waals surface area contributed by atoms with Crippen molar-refractivity contribution < 1.29 is 4.79 Å². The number of nitrogens with two attached hydrogens (primary N) is 1. The zero-order valence-corrected chi connectivity index (χ0v) is 10.2. The highest BCUT2D eigenvalue weighted by Gasteiger charge is 2.32. The van der Waals surface area contributed by atoms with Gasteiger partial charge >= 0.3 is 6.03 Å². The van der Waals surface area contributed by atoms with Gasteiger partial charge in [0.2, 0.25) is 0 Å². The van der Waals surface area contributed by atoms with Crippen molar-refractivity contribution in [2.24, 2.45) is 11.7 Å². The summed E-state index contributed by atoms with van der Waals surface area (Å²) in [6.45, 7) is 5.55. The lowest BCUT2D eigenvalue weighted by atomic mass is 10.1. The van der Waals surface area contributed by atoms with Crippen LogP contribution in [0.15, 0.2) is 0 Å². The summed E-state index contributed by atoms with van der Waals surface area (Å²) in [5.74, 6) is 0.441. The van der Waals surface area contributed by atoms with Crippen molar-refractivity contribution in [2.75, 3.05) is 26.2 Å². The lowest BCUT2D eigenvalue weighted by Crippen LogP contribution is -2.43. The molecule has 92 valence electrons. The van der Waals surface area contributed by atoms with E-state index in [0.717, 1.165) is 39.0 Å². The van der Waals surface area contributed by atoms with E-state index in [-0.39, 0.29) is 12.1 Å². The molecule has 2 saturated heterocycles. The standard InChI is InChI=1S/C12H23N3O/c1-10-8-15(9-11(10)13)12(16)14-6-4-2-3-5-7-14/h10-11H,2-9,13H2,1H3. The van der Waals surface area contributed by atoms with Crippen molar-refractivity contribution in [3.63, 3.8) is 0 Å². The van der Waals surface area contributed by atoms with E-state index in [1.807, 2.05) is 9.80 Å². The van der Waals surface area contributed by atoms with Gasteiger partial charge in [0.25, 0.3) is 0 Å². The molecule has 0 saturated carbocycles. The first kappa shape index (κ1) is 11.7. The maximum absolute atomic E-state index is 12.2. The summed E-state index contributed by atoms with van der Waals surface area (Å²) in [5.41, 5.74) is 5.95. The monoisotopic (exact) mass is 225 g/mol. The Kier molecular flexibility index (Phi) is 3.69. The largest absolute Gasteiger partial charge is 0.326 e. The SMILES string of the molecule is CC1CN(C(=O)N2CCCCCC2)CC1N. The molecule has 4 heteroatoms. The second kappa shape index (κ2) is 5.04. The molecule has 0 aromatic heterocycles. The molecule has 16 heavy (non-hydrogen) atoms. The quantitative estimate of drug-likeness (QED) is 0.675. The third-order valence-corrected chi connectivity index (χ3v) is 3.82. The summed E-state index contributed by atoms with van der Waals surface area (Å²) in [5, 5.41) is 0. The summed E-state index contributed by atoms with van der Waals surface area (Å²) < 4.78 is 0. The van der Waals surface area contributed by atoms with Crippen LogP contribution < -0.4 is 5.73 Å². The molecule has 0 aromatic rings. The maximum Gasteiger partial charge on any atom is 0.320 e. The average Bonchev–Trinajstić information content (AvgIpc) is 2.51. The molecule has 2 aliphatic heterocycles. The minimum absolute atomic E-state index is 0.163. The third kappa shape index (κ3) is 2.48. The Morgan fingerprint density at radius 3 is 2.19 bits per heavy atom. The van der Waals surface area contributed by atoms with Crippen LogP contribution in [-0.4, -0.2) is 48.1 Å². The molecule has 2 fully saturated rings. The number of likely N-dealkylation sites (tertiary alicyclic amines) is 2. The van der Waals surface area contributed by atoms with Crippen LogP contribution >= 0.6 is 0 Å². The minimum Gasteiger partial charge on any atom is -0.326 e. The summed E-state index contributed by atoms with van der Waals surface area (Å²) in [7, 11) is 0. The molecule has 2 rings (SSSR count). The van der Waals surface area contributed by atoms with E-state index in [0.29, 0.717) is 5.92 Å². The Morgan fingerprint density at radius 1 is 1.06 bits per heavy atom. The molecule has 0 bridgehead atoms. The topological polar surface area (TPSA) is 49.6 Å². The second-order valence-corrected chi connectivity index (χ2v) is 5.23. The van der Waals surface area contributed by atoms with Crippen LogP contribution in [0, 0.1) is 5.92 Å². The van der Waals surface area contributed by atoms with Crippen LogP contribution in [0.5, 0.6) is 0 Å². The van der Waals surface area contributed by atoms with Crippen molar-refractivity contribution in [2.45, 2.75) is 38.6 Å². The van der Waals surface area contributed by atoms with E-state index in [1.54, 1.807) is 0 Å². The van der Waals surface area contributed by atoms with Gasteiger partial charge in [-0.3, -0.25) is 0 Å². The fourth-order valence-electron chi connectivity index (χ4n) is 2.61. The molecule has 2 N–H and O–H groups in total. The zero-order valence-electron chi connectivity index (χ0n) is 10.2. The predicted octanol–water partition coefficient (Wildman–Crippen LogP) is 1.26. The normalized spacial score (nSPS) is 31.6. The van der Waals surface area contributed by atoms with Gasteiger partial charge in [-0.1, -0.05) is 19.8 Å². The van der Waals surface area contributed by atoms with Crippen LogP contribution in [0.25, 0.3) is 0 Å². The summed E-state index contributed by atoms with van der Waals surface area (Å²) in [6, 6.07) is 0.373. The molecule has 2 unspecified atom stereocenters. The maximum atomic E-state index is 12.2. The van der Waals surface area contributed by atoms with Gasteiger partial charge in [-0.05, 0) is 18.8 Å². The van der Waals surface area contributed by atoms with Crippen molar-refractivity contribution in [3.05, 3.63) is 0 Å². The number of nitrogens with zero attached hydrogens (tertiary/aromatic N) is 2. The molecule has 2 amide bonds. The van der Waals surface area contributed by atoms with E-state index < -0.39 is 0 Å². The van der Waals surface area contributed by atoms with Crippen molar-refractivity contribution >= 4 is 6.03 Å². The molecule has 2 atom stereocenters. The van der Waals surface area contributed by atoms with Gasteiger partial charge in [-0.15, -0.1) is 0 Å². The van der Waals surface area contributed by atoms with Gasteiger partial charge in [-0.2, -0.15) is 0 Å². The summed E-state index contributed by atoms with van der Waals surface area (Å²) in [6.07, 6.45) is 4.84. The van der Waals surface area contributed by atoms with Gasteiger partial charge in [0, 0.05) is 32.2 Å². The number of urea groups is 1. The smallest absolute Gasteiger partial charge is 0.320 e. The van der Waals surface area contributed by atoms with Crippen molar-refractivity contribution in [1.29, 1.82) is 0 Å². The fourth-order valence-corrected chi connectivity index (χ4v) is 2.61. The van der Waals surface area contributed by atoms with Crippen LogP contribution in [0.1, 0.15) is 32.6 Å². The highest BCUT2D eigenvalue weighted by atomic mass is 16.2. The highest BCUT2D eigenvalue weighted by Crippen LogP contribution is 2.18. The minimum atomic E-state index is 0.163. The Labute approximate surface area is 97.8 Å². The Hall–Kier alpha value is -0.770. The first-order chi connectivity index (χ1) is 7.68. The van der Waals surface area contributed by atoms with Crippen LogP contribution in [0.2, 0.25) is 0 Å². The number of hydrogen-bond acceptors (Lipinski definition) is 2. The molecule has 0 spiro atoms. The van der Waals surface area contributed by atoms with E-state index >= 15 is 0 Å². The van der Waals surface area contributed by atoms with E-state index in [2.05, 4.69) is 6.92 Å². The molecule has 0 aromatic carbocycles. The van der Waals surface area contributed by atoms with E-state index in [4.69, 9.17) is 5.73 Å². The van der Waals surface area contributed by atoms with Crippen LogP contribution in [0.4, 0.5) is 4.79 Å². The molecular formula is C12H23N3O. The van der Waals surface area contributed by atoms with E-state index in [1.165, 1.54) is 12.8 Å². The van der Waals surface area contributed by atoms with Gasteiger partial charge in [-0.25, -0.2) is 4.79 Å². The Balaban J connectivity index is 1.91. The van der Waals surface area contributed by atoms with Crippen LogP contribution in [0.3, 0.4) is 0 Å². The molecule has 0 radical (unpaired) electrons.